The maximum absolute atomic E-state index is 13.8. The topological polar surface area (TPSA) is 77.1 Å². The van der Waals surface area contributed by atoms with Crippen LogP contribution in [0.2, 0.25) is 0 Å². The molecule has 7 nitrogen and oxygen atoms in total. The minimum Gasteiger partial charge on any atom is -0.497 e. The van der Waals surface area contributed by atoms with Crippen LogP contribution in [-0.4, -0.2) is 32.1 Å². The van der Waals surface area contributed by atoms with Gasteiger partial charge in [-0.15, -0.1) is 0 Å². The second kappa shape index (κ2) is 9.70. The molecule has 34 heavy (non-hydrogen) atoms. The fourth-order valence-electron chi connectivity index (χ4n) is 3.78. The van der Waals surface area contributed by atoms with Gasteiger partial charge in [-0.2, -0.15) is 0 Å². The Kier molecular flexibility index (Phi) is 6.54. The zero-order valence-corrected chi connectivity index (χ0v) is 19.5. The first-order valence-electron chi connectivity index (χ1n) is 10.9. The molecule has 1 aliphatic heterocycles. The van der Waals surface area contributed by atoms with Crippen molar-refractivity contribution >= 4 is 28.8 Å². The lowest BCUT2D eigenvalue weighted by atomic mass is 10.0. The summed E-state index contributed by atoms with van der Waals surface area (Å²) < 4.78 is 16.7. The fourth-order valence-corrected chi connectivity index (χ4v) is 3.78. The van der Waals surface area contributed by atoms with Crippen molar-refractivity contribution in [2.45, 2.75) is 20.0 Å². The molecular weight excluding hydrogens is 432 g/mol. The Morgan fingerprint density at radius 1 is 0.794 bits per heavy atom. The number of hydrogen-bond acceptors (Lipinski definition) is 6. The largest absolute Gasteiger partial charge is 0.497 e. The second-order valence-corrected chi connectivity index (χ2v) is 7.89. The van der Waals surface area contributed by atoms with E-state index in [0.29, 0.717) is 34.2 Å². The number of imide groups is 1. The van der Waals surface area contributed by atoms with Crippen molar-refractivity contribution in [3.05, 3.63) is 84.1 Å². The van der Waals surface area contributed by atoms with Gasteiger partial charge in [0.1, 0.15) is 22.9 Å². The number of para-hydroxylation sites is 2. The summed E-state index contributed by atoms with van der Waals surface area (Å²) >= 11 is 0. The highest BCUT2D eigenvalue weighted by Gasteiger charge is 2.41. The van der Waals surface area contributed by atoms with Crippen LogP contribution in [0.1, 0.15) is 19.4 Å². The number of nitrogens with one attached hydrogen (secondary N) is 1. The molecule has 3 aromatic carbocycles. The number of nitrogens with zero attached hydrogens (tertiary/aromatic N) is 1. The molecule has 0 unspecified atom stereocenters. The summed E-state index contributed by atoms with van der Waals surface area (Å²) in [6.07, 6.45) is -0.130. The highest BCUT2D eigenvalue weighted by Crippen LogP contribution is 2.39. The normalized spacial score (nSPS) is 13.5. The first-order valence-corrected chi connectivity index (χ1v) is 10.9. The van der Waals surface area contributed by atoms with Gasteiger partial charge in [-0.1, -0.05) is 42.5 Å². The molecule has 2 amide bonds. The third-order valence-electron chi connectivity index (χ3n) is 5.28. The summed E-state index contributed by atoms with van der Waals surface area (Å²) in [7, 11) is 3.09. The average molecular weight is 459 g/mol. The van der Waals surface area contributed by atoms with E-state index in [0.717, 1.165) is 4.90 Å². The van der Waals surface area contributed by atoms with E-state index in [4.69, 9.17) is 14.2 Å². The van der Waals surface area contributed by atoms with Gasteiger partial charge in [0.05, 0.1) is 37.3 Å². The number of ether oxygens (including phenoxy) is 3. The Hall–Kier alpha value is -4.26. The lowest BCUT2D eigenvalue weighted by Gasteiger charge is -2.20. The SMILES string of the molecule is COc1ccc(OC)c(NC2=C(c3ccccc3)C(=O)N(c3ccccc3OC(C)C)C2=O)c1. The molecule has 4 rings (SSSR count). The van der Waals surface area contributed by atoms with Gasteiger partial charge in [0.25, 0.3) is 11.8 Å². The molecular formula is C27H26N2O5. The van der Waals surface area contributed by atoms with E-state index in [1.807, 2.05) is 32.0 Å². The van der Waals surface area contributed by atoms with Crippen molar-refractivity contribution < 1.29 is 23.8 Å². The van der Waals surface area contributed by atoms with E-state index in [1.54, 1.807) is 61.7 Å². The zero-order valence-electron chi connectivity index (χ0n) is 19.5. The van der Waals surface area contributed by atoms with Crippen molar-refractivity contribution in [3.63, 3.8) is 0 Å². The molecule has 1 heterocycles. The predicted octanol–water partition coefficient (Wildman–Crippen LogP) is 4.89. The van der Waals surface area contributed by atoms with Gasteiger partial charge in [-0.25, -0.2) is 4.90 Å². The van der Waals surface area contributed by atoms with Crippen LogP contribution in [0.15, 0.2) is 78.5 Å². The number of hydrogen-bond donors (Lipinski definition) is 1. The molecule has 0 atom stereocenters. The molecule has 0 spiro atoms. The summed E-state index contributed by atoms with van der Waals surface area (Å²) in [6, 6.07) is 21.3. The van der Waals surface area contributed by atoms with E-state index in [1.165, 1.54) is 7.11 Å². The average Bonchev–Trinajstić information content (AvgIpc) is 3.08. The molecule has 174 valence electrons. The third-order valence-corrected chi connectivity index (χ3v) is 5.28. The summed E-state index contributed by atoms with van der Waals surface area (Å²) in [5, 5.41) is 3.15. The monoisotopic (exact) mass is 458 g/mol. The van der Waals surface area contributed by atoms with Gasteiger partial charge in [-0.05, 0) is 43.7 Å². The van der Waals surface area contributed by atoms with Crippen molar-refractivity contribution in [2.75, 3.05) is 24.4 Å². The van der Waals surface area contributed by atoms with Crippen LogP contribution in [0.25, 0.3) is 5.57 Å². The van der Waals surface area contributed by atoms with Gasteiger partial charge in [-0.3, -0.25) is 9.59 Å². The van der Waals surface area contributed by atoms with Crippen LogP contribution < -0.4 is 24.4 Å². The molecule has 0 saturated heterocycles. The zero-order chi connectivity index (χ0) is 24.2. The Morgan fingerprint density at radius 3 is 2.18 bits per heavy atom. The van der Waals surface area contributed by atoms with Gasteiger partial charge in [0.2, 0.25) is 0 Å². The Balaban J connectivity index is 1.84. The Morgan fingerprint density at radius 2 is 1.50 bits per heavy atom. The molecule has 0 bridgehead atoms. The standard InChI is InChI=1S/C27H26N2O5/c1-17(2)34-23-13-9-8-12-21(23)29-26(30)24(18-10-6-5-7-11-18)25(27(29)31)28-20-16-19(32-3)14-15-22(20)33-4/h5-17,28H,1-4H3. The van der Waals surface area contributed by atoms with E-state index in [-0.39, 0.29) is 17.4 Å². The molecule has 3 aromatic rings. The smallest absolute Gasteiger partial charge is 0.282 e. The maximum Gasteiger partial charge on any atom is 0.282 e. The van der Waals surface area contributed by atoms with Crippen molar-refractivity contribution in [3.8, 4) is 17.2 Å². The number of carbonyl (C=O) groups excluding carboxylic acids is 2. The lowest BCUT2D eigenvalue weighted by Crippen LogP contribution is -2.33. The number of anilines is 2. The Labute approximate surface area is 198 Å². The first-order chi connectivity index (χ1) is 16.4. The first kappa shape index (κ1) is 22.9. The van der Waals surface area contributed by atoms with Crippen LogP contribution in [0, 0.1) is 0 Å². The molecule has 1 aliphatic rings. The maximum atomic E-state index is 13.8. The number of rotatable bonds is 8. The minimum absolute atomic E-state index is 0.130. The quantitative estimate of drug-likeness (QED) is 0.485. The molecule has 7 heteroatoms. The highest BCUT2D eigenvalue weighted by molar-refractivity contribution is 6.46. The molecule has 0 aromatic heterocycles. The van der Waals surface area contributed by atoms with E-state index >= 15 is 0 Å². The van der Waals surface area contributed by atoms with Gasteiger partial charge >= 0.3 is 0 Å². The Bertz CT molecular complexity index is 1250. The van der Waals surface area contributed by atoms with Crippen molar-refractivity contribution in [1.82, 2.24) is 0 Å². The van der Waals surface area contributed by atoms with Crippen LogP contribution in [0.5, 0.6) is 17.2 Å². The predicted molar refractivity (Wildman–Crippen MR) is 131 cm³/mol. The summed E-state index contributed by atoms with van der Waals surface area (Å²) in [6.45, 7) is 3.78. The minimum atomic E-state index is -0.492. The van der Waals surface area contributed by atoms with Crippen LogP contribution in [-0.2, 0) is 9.59 Å². The molecule has 0 saturated carbocycles. The van der Waals surface area contributed by atoms with Crippen molar-refractivity contribution in [1.29, 1.82) is 0 Å². The van der Waals surface area contributed by atoms with Gasteiger partial charge < -0.3 is 19.5 Å². The summed E-state index contributed by atoms with van der Waals surface area (Å²) in [5.41, 5.74) is 1.90. The molecule has 0 radical (unpaired) electrons. The third kappa shape index (κ3) is 4.32. The number of amides is 2. The second-order valence-electron chi connectivity index (χ2n) is 7.89. The van der Waals surface area contributed by atoms with E-state index in [2.05, 4.69) is 5.32 Å². The molecule has 1 N–H and O–H groups in total. The number of carbonyl (C=O) groups is 2. The number of methoxy groups -OCH3 is 2. The van der Waals surface area contributed by atoms with Gasteiger partial charge in [0.15, 0.2) is 0 Å². The van der Waals surface area contributed by atoms with Crippen LogP contribution >= 0.6 is 0 Å². The van der Waals surface area contributed by atoms with Gasteiger partial charge in [0, 0.05) is 6.07 Å². The molecule has 0 aliphatic carbocycles. The van der Waals surface area contributed by atoms with Crippen LogP contribution in [0.3, 0.4) is 0 Å². The van der Waals surface area contributed by atoms with E-state index < -0.39 is 11.8 Å². The van der Waals surface area contributed by atoms with Crippen molar-refractivity contribution in [2.24, 2.45) is 0 Å². The fraction of sp³-hybridized carbons (Fsp3) is 0.185. The lowest BCUT2D eigenvalue weighted by molar-refractivity contribution is -0.120. The highest BCUT2D eigenvalue weighted by atomic mass is 16.5. The summed E-state index contributed by atoms with van der Waals surface area (Å²) in [4.78, 5) is 28.6. The summed E-state index contributed by atoms with van der Waals surface area (Å²) in [5.74, 6) is 0.596. The molecule has 0 fully saturated rings. The number of benzene rings is 3. The van der Waals surface area contributed by atoms with E-state index in [9.17, 15) is 9.59 Å². The van der Waals surface area contributed by atoms with Crippen LogP contribution in [0.4, 0.5) is 11.4 Å².